The average Bonchev–Trinajstić information content (AvgIpc) is 3.19. The number of guanidine groups is 1. The zero-order valence-electron chi connectivity index (χ0n) is 19.5. The number of nitrogens with one attached hydrogen (secondary N) is 1. The number of aryl methyl sites for hydroxylation is 1. The molecule has 9 nitrogen and oxygen atoms in total. The average molecular weight is 547 g/mol. The molecule has 1 N–H and O–H groups in total. The maximum absolute atomic E-state index is 12.8. The molecule has 2 unspecified atom stereocenters. The Hall–Kier alpha value is -1.43. The van der Waals surface area contributed by atoms with Gasteiger partial charge in [-0.05, 0) is 18.3 Å². The number of piperidine rings is 1. The number of halogens is 1. The number of hydrogen-bond acceptors (Lipinski definition) is 5. The highest BCUT2D eigenvalue weighted by molar-refractivity contribution is 14.0. The summed E-state index contributed by atoms with van der Waals surface area (Å²) < 4.78 is 2.08. The van der Waals surface area contributed by atoms with Gasteiger partial charge < -0.3 is 19.7 Å². The third-order valence-corrected chi connectivity index (χ3v) is 6.11. The largest absolute Gasteiger partial charge is 0.354 e. The molecule has 0 aliphatic carbocycles. The molecule has 0 bridgehead atoms. The van der Waals surface area contributed by atoms with Gasteiger partial charge in [-0.1, -0.05) is 20.8 Å². The monoisotopic (exact) mass is 546 g/mol. The molecule has 0 aromatic carbocycles. The van der Waals surface area contributed by atoms with E-state index in [2.05, 4.69) is 60.5 Å². The first-order chi connectivity index (χ1) is 14.5. The molecule has 1 aromatic heterocycles. The SMILES string of the molecule is CCc1nncn1CCNC(=NC)N1CCN(CC(=O)N2CC(C)CC(C)C2)CC1.I. The first kappa shape index (κ1) is 25.8. The molecule has 3 rings (SSSR count). The van der Waals surface area contributed by atoms with Crippen LogP contribution >= 0.6 is 24.0 Å². The van der Waals surface area contributed by atoms with Gasteiger partial charge in [-0.3, -0.25) is 14.7 Å². The Morgan fingerprint density at radius 2 is 1.84 bits per heavy atom. The van der Waals surface area contributed by atoms with Crippen molar-refractivity contribution < 1.29 is 4.79 Å². The molecule has 0 saturated carbocycles. The lowest BCUT2D eigenvalue weighted by Gasteiger charge is -2.39. The van der Waals surface area contributed by atoms with E-state index in [0.29, 0.717) is 18.4 Å². The summed E-state index contributed by atoms with van der Waals surface area (Å²) in [5, 5.41) is 11.6. The van der Waals surface area contributed by atoms with E-state index in [1.54, 1.807) is 6.33 Å². The molecule has 3 heterocycles. The summed E-state index contributed by atoms with van der Waals surface area (Å²) in [5.74, 6) is 3.42. The van der Waals surface area contributed by atoms with Crippen LogP contribution in [0.1, 0.15) is 33.0 Å². The van der Waals surface area contributed by atoms with Gasteiger partial charge in [0.1, 0.15) is 12.2 Å². The second-order valence-electron chi connectivity index (χ2n) is 8.78. The maximum atomic E-state index is 12.8. The molecule has 2 fully saturated rings. The van der Waals surface area contributed by atoms with Crippen LogP contribution in [0.25, 0.3) is 0 Å². The predicted molar refractivity (Wildman–Crippen MR) is 134 cm³/mol. The van der Waals surface area contributed by atoms with Crippen LogP contribution in [0.2, 0.25) is 0 Å². The summed E-state index contributed by atoms with van der Waals surface area (Å²) in [6.07, 6.45) is 3.89. The number of nitrogens with zero attached hydrogens (tertiary/aromatic N) is 7. The fourth-order valence-electron chi connectivity index (χ4n) is 4.64. The Bertz CT molecular complexity index is 706. The molecule has 2 atom stereocenters. The smallest absolute Gasteiger partial charge is 0.236 e. The molecule has 2 aliphatic rings. The van der Waals surface area contributed by atoms with Crippen molar-refractivity contribution in [3.05, 3.63) is 12.2 Å². The number of aromatic nitrogens is 3. The van der Waals surface area contributed by atoms with Gasteiger partial charge in [-0.15, -0.1) is 34.2 Å². The summed E-state index contributed by atoms with van der Waals surface area (Å²) in [7, 11) is 1.83. The number of likely N-dealkylation sites (tertiary alicyclic amines) is 1. The minimum atomic E-state index is 0. The number of carbonyl (C=O) groups excluding carboxylic acids is 1. The van der Waals surface area contributed by atoms with Crippen LogP contribution < -0.4 is 5.32 Å². The van der Waals surface area contributed by atoms with Gasteiger partial charge >= 0.3 is 0 Å². The molecule has 2 saturated heterocycles. The fraction of sp³-hybridized carbons (Fsp3) is 0.810. The number of hydrogen-bond donors (Lipinski definition) is 1. The first-order valence-electron chi connectivity index (χ1n) is 11.3. The van der Waals surface area contributed by atoms with E-state index < -0.39 is 0 Å². The third kappa shape index (κ3) is 7.30. The van der Waals surface area contributed by atoms with Crippen LogP contribution in [-0.4, -0.2) is 101 Å². The molecule has 0 radical (unpaired) electrons. The molecule has 1 amide bonds. The molecule has 1 aromatic rings. The van der Waals surface area contributed by atoms with Gasteiger partial charge in [0.15, 0.2) is 5.96 Å². The van der Waals surface area contributed by atoms with Gasteiger partial charge in [0.05, 0.1) is 6.54 Å². The number of rotatable bonds is 6. The van der Waals surface area contributed by atoms with Crippen molar-refractivity contribution in [2.75, 3.05) is 59.4 Å². The minimum Gasteiger partial charge on any atom is -0.354 e. The Kier molecular flexibility index (Phi) is 10.5. The molecule has 10 heteroatoms. The third-order valence-electron chi connectivity index (χ3n) is 6.11. The van der Waals surface area contributed by atoms with E-state index in [9.17, 15) is 4.79 Å². The van der Waals surface area contributed by atoms with Gasteiger partial charge in [0, 0.05) is 65.8 Å². The van der Waals surface area contributed by atoms with Crippen molar-refractivity contribution in [3.63, 3.8) is 0 Å². The van der Waals surface area contributed by atoms with E-state index in [-0.39, 0.29) is 29.9 Å². The summed E-state index contributed by atoms with van der Waals surface area (Å²) in [6, 6.07) is 0. The topological polar surface area (TPSA) is 81.9 Å². The van der Waals surface area contributed by atoms with Crippen LogP contribution in [0.5, 0.6) is 0 Å². The molecule has 0 spiro atoms. The number of piperazine rings is 1. The normalized spacial score (nSPS) is 22.9. The van der Waals surface area contributed by atoms with Gasteiger partial charge in [0.2, 0.25) is 5.91 Å². The Balaban J connectivity index is 0.00000341. The highest BCUT2D eigenvalue weighted by Gasteiger charge is 2.28. The van der Waals surface area contributed by atoms with Crippen molar-refractivity contribution in [3.8, 4) is 0 Å². The second-order valence-corrected chi connectivity index (χ2v) is 8.78. The maximum Gasteiger partial charge on any atom is 0.236 e. The first-order valence-corrected chi connectivity index (χ1v) is 11.3. The lowest BCUT2D eigenvalue weighted by molar-refractivity contribution is -0.135. The van der Waals surface area contributed by atoms with Gasteiger partial charge in [0.25, 0.3) is 0 Å². The summed E-state index contributed by atoms with van der Waals surface area (Å²) in [5.41, 5.74) is 0. The standard InChI is InChI=1S/C21H38N8O.HI/c1-5-19-25-24-16-28(19)7-6-23-21(22-4)27-10-8-26(9-11-27)15-20(30)29-13-17(2)12-18(3)14-29;/h16-18H,5-15H2,1-4H3,(H,22,23);1H. The zero-order chi connectivity index (χ0) is 21.5. The Labute approximate surface area is 203 Å². The van der Waals surface area contributed by atoms with E-state index in [0.717, 1.165) is 70.6 Å². The van der Waals surface area contributed by atoms with Crippen molar-refractivity contribution in [1.82, 2.24) is 34.8 Å². The van der Waals surface area contributed by atoms with Crippen LogP contribution in [0.3, 0.4) is 0 Å². The zero-order valence-corrected chi connectivity index (χ0v) is 21.8. The quantitative estimate of drug-likeness (QED) is 0.328. The Morgan fingerprint density at radius 3 is 2.45 bits per heavy atom. The van der Waals surface area contributed by atoms with Crippen LogP contribution in [0.4, 0.5) is 0 Å². The minimum absolute atomic E-state index is 0. The highest BCUT2D eigenvalue weighted by atomic mass is 127. The number of carbonyl (C=O) groups is 1. The summed E-state index contributed by atoms with van der Waals surface area (Å²) in [4.78, 5) is 23.8. The van der Waals surface area contributed by atoms with Crippen molar-refractivity contribution >= 4 is 35.8 Å². The van der Waals surface area contributed by atoms with Gasteiger partial charge in [-0.2, -0.15) is 0 Å². The number of aliphatic imine (C=N–C) groups is 1. The van der Waals surface area contributed by atoms with E-state index in [1.165, 1.54) is 6.42 Å². The lowest BCUT2D eigenvalue weighted by atomic mass is 9.92. The van der Waals surface area contributed by atoms with Crippen LogP contribution in [0.15, 0.2) is 11.3 Å². The van der Waals surface area contributed by atoms with Crippen LogP contribution in [-0.2, 0) is 17.8 Å². The molecular formula is C21H39IN8O. The summed E-state index contributed by atoms with van der Waals surface area (Å²) >= 11 is 0. The fourth-order valence-corrected chi connectivity index (χ4v) is 4.64. The van der Waals surface area contributed by atoms with E-state index in [1.807, 2.05) is 7.05 Å². The van der Waals surface area contributed by atoms with E-state index in [4.69, 9.17) is 0 Å². The Morgan fingerprint density at radius 1 is 1.16 bits per heavy atom. The molecular weight excluding hydrogens is 507 g/mol. The van der Waals surface area contributed by atoms with Crippen LogP contribution in [0, 0.1) is 11.8 Å². The second kappa shape index (κ2) is 12.6. The lowest BCUT2D eigenvalue weighted by Crippen LogP contribution is -2.55. The molecule has 31 heavy (non-hydrogen) atoms. The van der Waals surface area contributed by atoms with E-state index >= 15 is 0 Å². The molecule has 176 valence electrons. The molecule has 2 aliphatic heterocycles. The van der Waals surface area contributed by atoms with Gasteiger partial charge in [-0.25, -0.2) is 0 Å². The van der Waals surface area contributed by atoms with Crippen molar-refractivity contribution in [1.29, 1.82) is 0 Å². The summed E-state index contributed by atoms with van der Waals surface area (Å²) in [6.45, 7) is 14.1. The number of amides is 1. The van der Waals surface area contributed by atoms with Crippen molar-refractivity contribution in [2.24, 2.45) is 16.8 Å². The van der Waals surface area contributed by atoms with Crippen molar-refractivity contribution in [2.45, 2.75) is 40.2 Å². The highest BCUT2D eigenvalue weighted by Crippen LogP contribution is 2.21. The predicted octanol–water partition coefficient (Wildman–Crippen LogP) is 1.16.